The Bertz CT molecular complexity index is 1730. The van der Waals surface area contributed by atoms with E-state index in [0.717, 1.165) is 16.6 Å². The Labute approximate surface area is 234 Å². The number of fused-ring (bicyclic) bond motifs is 1. The fourth-order valence-corrected chi connectivity index (χ4v) is 4.40. The lowest BCUT2D eigenvalue weighted by Crippen LogP contribution is -2.26. The van der Waals surface area contributed by atoms with Crippen molar-refractivity contribution in [2.45, 2.75) is 26.4 Å². The molecule has 0 bridgehead atoms. The molecule has 1 amide bonds. The number of hydrogen-bond donors (Lipinski definition) is 2. The largest absolute Gasteiger partial charge is 0.573 e. The van der Waals surface area contributed by atoms with E-state index < -0.39 is 12.3 Å². The quantitative estimate of drug-likeness (QED) is 0.252. The second-order valence-corrected chi connectivity index (χ2v) is 9.25. The summed E-state index contributed by atoms with van der Waals surface area (Å²) in [5.41, 5.74) is 3.67. The Balaban J connectivity index is 1.54. The molecule has 2 heterocycles. The minimum absolute atomic E-state index is 0.122. The van der Waals surface area contributed by atoms with Crippen LogP contribution >= 0.6 is 23.2 Å². The predicted octanol–water partition coefficient (Wildman–Crippen LogP) is 5.71. The highest BCUT2D eigenvalue weighted by atomic mass is 35.5. The average Bonchev–Trinajstić information content (AvgIpc) is 3.51. The topological polar surface area (TPSA) is 115 Å². The number of anilines is 1. The van der Waals surface area contributed by atoms with Gasteiger partial charge in [-0.25, -0.2) is 10.1 Å². The van der Waals surface area contributed by atoms with Crippen molar-refractivity contribution >= 4 is 51.8 Å². The predicted molar refractivity (Wildman–Crippen MR) is 142 cm³/mol. The molecule has 5 rings (SSSR count). The molecule has 0 radical (unpaired) electrons. The van der Waals surface area contributed by atoms with Gasteiger partial charge in [-0.2, -0.15) is 0 Å². The van der Waals surface area contributed by atoms with Crippen molar-refractivity contribution in [2.75, 3.05) is 5.32 Å². The summed E-state index contributed by atoms with van der Waals surface area (Å²) in [6.45, 7) is 2.79. The summed E-state index contributed by atoms with van der Waals surface area (Å²) in [5, 5.41) is 16.2. The summed E-state index contributed by atoms with van der Waals surface area (Å²) >= 11 is 12.7. The van der Waals surface area contributed by atoms with Crippen LogP contribution in [0, 0.1) is 0 Å². The first-order valence-corrected chi connectivity index (χ1v) is 12.5. The number of aromatic amines is 1. The summed E-state index contributed by atoms with van der Waals surface area (Å²) in [6, 6.07) is 15.6. The molecule has 0 unspecified atom stereocenters. The van der Waals surface area contributed by atoms with Gasteiger partial charge >= 0.3 is 6.36 Å². The number of nitrogens with zero attached hydrogens (tertiary/aromatic N) is 6. The first kappa shape index (κ1) is 27.2. The summed E-state index contributed by atoms with van der Waals surface area (Å²) in [4.78, 5) is 17.2. The Morgan fingerprint density at radius 1 is 1.02 bits per heavy atom. The zero-order chi connectivity index (χ0) is 28.4. The molecule has 0 spiro atoms. The third-order valence-corrected chi connectivity index (χ3v) is 6.55. The third-order valence-electron chi connectivity index (χ3n) is 5.83. The van der Waals surface area contributed by atoms with Gasteiger partial charge in [-0.15, -0.1) is 13.2 Å². The van der Waals surface area contributed by atoms with Crippen molar-refractivity contribution in [1.29, 1.82) is 0 Å². The minimum atomic E-state index is -4.79. The number of carbonyl (C=O) groups is 1. The van der Waals surface area contributed by atoms with Crippen LogP contribution in [0.3, 0.4) is 0 Å². The number of aromatic nitrogens is 6. The number of H-pyrrole nitrogens is 1. The summed E-state index contributed by atoms with van der Waals surface area (Å²) in [5.74, 6) is -0.621. The zero-order valence-electron chi connectivity index (χ0n) is 20.6. The smallest absolute Gasteiger partial charge is 0.406 e. The number of alkyl halides is 3. The summed E-state index contributed by atoms with van der Waals surface area (Å²) < 4.78 is 45.5. The van der Waals surface area contributed by atoms with Crippen molar-refractivity contribution in [3.05, 3.63) is 87.5 Å². The van der Waals surface area contributed by atoms with E-state index in [1.54, 1.807) is 36.4 Å². The lowest BCUT2D eigenvalue weighted by Gasteiger charge is -2.09. The number of carbonyl (C=O) groups excluding carboxylic acids is 1. The van der Waals surface area contributed by atoms with Crippen molar-refractivity contribution < 1.29 is 22.7 Å². The highest BCUT2D eigenvalue weighted by Crippen LogP contribution is 2.29. The molecule has 0 saturated carbocycles. The van der Waals surface area contributed by atoms with Gasteiger partial charge in [0.25, 0.3) is 5.91 Å². The van der Waals surface area contributed by atoms with Gasteiger partial charge in [-0.1, -0.05) is 40.4 Å². The second-order valence-electron chi connectivity index (χ2n) is 8.44. The molecule has 15 heteroatoms. The maximum absolute atomic E-state index is 12.6. The van der Waals surface area contributed by atoms with E-state index in [-0.39, 0.29) is 11.7 Å². The molecule has 10 nitrogen and oxygen atoms in total. The normalized spacial score (nSPS) is 12.2. The van der Waals surface area contributed by atoms with Crippen LogP contribution in [0.15, 0.2) is 65.7 Å². The molecule has 0 atom stereocenters. The van der Waals surface area contributed by atoms with Crippen LogP contribution in [0.5, 0.6) is 5.75 Å². The van der Waals surface area contributed by atoms with Gasteiger partial charge in [0.1, 0.15) is 5.75 Å². The standard InChI is InChI=1S/C25H19Cl2F3N8O2/c1-2-37-20-11-18(26)19(27)12-21(20)38(24(37)31-16-7-9-17(10-8-16)40-25(28,29)30)13-14-3-5-15(6-4-14)22(39)32-23-33-35-36-34-23/h3-12H,2,13H2,1H3,(H2,32,33,34,35,36,39)/b31-24+. The molecule has 0 aliphatic rings. The number of hydrogen-bond acceptors (Lipinski definition) is 6. The van der Waals surface area contributed by atoms with E-state index in [1.807, 2.05) is 16.1 Å². The molecule has 0 saturated heterocycles. The van der Waals surface area contributed by atoms with Crippen molar-refractivity contribution in [3.63, 3.8) is 0 Å². The summed E-state index contributed by atoms with van der Waals surface area (Å²) in [7, 11) is 0. The highest BCUT2D eigenvalue weighted by Gasteiger charge is 2.31. The van der Waals surface area contributed by atoms with Crippen LogP contribution < -0.4 is 15.7 Å². The lowest BCUT2D eigenvalue weighted by molar-refractivity contribution is -0.274. The first-order chi connectivity index (χ1) is 19.1. The van der Waals surface area contributed by atoms with Crippen LogP contribution in [0.25, 0.3) is 11.0 Å². The zero-order valence-corrected chi connectivity index (χ0v) is 22.1. The number of amides is 1. The lowest BCUT2D eigenvalue weighted by atomic mass is 10.1. The Morgan fingerprint density at radius 2 is 1.68 bits per heavy atom. The molecular weight excluding hydrogens is 572 g/mol. The van der Waals surface area contributed by atoms with E-state index in [2.05, 4.69) is 30.7 Å². The van der Waals surface area contributed by atoms with E-state index in [0.29, 0.717) is 40.0 Å². The molecule has 0 aliphatic heterocycles. The van der Waals surface area contributed by atoms with Gasteiger partial charge in [-0.3, -0.25) is 10.1 Å². The van der Waals surface area contributed by atoms with Crippen LogP contribution in [0.2, 0.25) is 10.0 Å². The number of halogens is 5. The van der Waals surface area contributed by atoms with Gasteiger partial charge in [0.15, 0.2) is 0 Å². The number of imidazole rings is 1. The van der Waals surface area contributed by atoms with Crippen LogP contribution in [0.4, 0.5) is 24.8 Å². The van der Waals surface area contributed by atoms with Gasteiger partial charge in [-0.05, 0) is 71.4 Å². The van der Waals surface area contributed by atoms with Gasteiger partial charge in [0.2, 0.25) is 11.6 Å². The van der Waals surface area contributed by atoms with Gasteiger partial charge in [0, 0.05) is 12.1 Å². The Kier molecular flexibility index (Phi) is 7.50. The van der Waals surface area contributed by atoms with E-state index in [4.69, 9.17) is 28.2 Å². The third kappa shape index (κ3) is 5.95. The second kappa shape index (κ2) is 11.0. The molecule has 206 valence electrons. The van der Waals surface area contributed by atoms with Crippen molar-refractivity contribution in [2.24, 2.45) is 4.99 Å². The number of tetrazole rings is 1. The number of aryl methyl sites for hydroxylation is 1. The molecule has 0 aliphatic carbocycles. The fourth-order valence-electron chi connectivity index (χ4n) is 4.08. The van der Waals surface area contributed by atoms with Gasteiger partial charge < -0.3 is 13.9 Å². The summed E-state index contributed by atoms with van der Waals surface area (Å²) in [6.07, 6.45) is -4.79. The first-order valence-electron chi connectivity index (χ1n) is 11.7. The number of nitrogens with one attached hydrogen (secondary N) is 2. The fraction of sp³-hybridized carbons (Fsp3) is 0.160. The van der Waals surface area contributed by atoms with Crippen LogP contribution in [-0.4, -0.2) is 42.0 Å². The average molecular weight is 591 g/mol. The maximum Gasteiger partial charge on any atom is 0.573 e. The van der Waals surface area contributed by atoms with Crippen molar-refractivity contribution in [1.82, 2.24) is 29.8 Å². The number of rotatable bonds is 7. The van der Waals surface area contributed by atoms with Crippen LogP contribution in [-0.2, 0) is 13.1 Å². The Morgan fingerprint density at radius 3 is 2.25 bits per heavy atom. The monoisotopic (exact) mass is 590 g/mol. The number of ether oxygens (including phenoxy) is 1. The van der Waals surface area contributed by atoms with E-state index in [1.165, 1.54) is 24.3 Å². The minimum Gasteiger partial charge on any atom is -0.406 e. The molecular formula is C25H19Cl2F3N8O2. The SMILES string of the molecule is CCn1/c(=N\c2ccc(OC(F)(F)F)cc2)n(Cc2ccc(C(=O)Nc3nnn[nH]3)cc2)c2cc(Cl)c(Cl)cc21. The van der Waals surface area contributed by atoms with Gasteiger partial charge in [0.05, 0.1) is 33.3 Å². The number of benzene rings is 3. The molecule has 40 heavy (non-hydrogen) atoms. The molecule has 3 aromatic carbocycles. The Hall–Kier alpha value is -4.36. The molecule has 5 aromatic rings. The molecule has 2 N–H and O–H groups in total. The van der Waals surface area contributed by atoms with Crippen molar-refractivity contribution in [3.8, 4) is 5.75 Å². The van der Waals surface area contributed by atoms with Crippen LogP contribution in [0.1, 0.15) is 22.8 Å². The highest BCUT2D eigenvalue weighted by molar-refractivity contribution is 6.42. The molecule has 2 aromatic heterocycles. The molecule has 0 fully saturated rings. The van der Waals surface area contributed by atoms with E-state index in [9.17, 15) is 18.0 Å². The van der Waals surface area contributed by atoms with E-state index >= 15 is 0 Å². The maximum atomic E-state index is 12.6.